The van der Waals surface area contributed by atoms with Crippen molar-refractivity contribution in [1.82, 2.24) is 0 Å². The number of ether oxygens (including phenoxy) is 1. The summed E-state index contributed by atoms with van der Waals surface area (Å²) >= 11 is 0. The van der Waals surface area contributed by atoms with Gasteiger partial charge in [0.25, 0.3) is 0 Å². The summed E-state index contributed by atoms with van der Waals surface area (Å²) < 4.78 is 58.1. The van der Waals surface area contributed by atoms with Gasteiger partial charge in [0, 0.05) is 0 Å². The Kier molecular flexibility index (Phi) is 5.30. The van der Waals surface area contributed by atoms with Gasteiger partial charge in [0.1, 0.15) is 17.5 Å². The van der Waals surface area contributed by atoms with E-state index in [1.54, 1.807) is 5.92 Å². The van der Waals surface area contributed by atoms with Crippen molar-refractivity contribution >= 4 is 11.9 Å². The van der Waals surface area contributed by atoms with Crippen molar-refractivity contribution < 1.29 is 37.0 Å². The summed E-state index contributed by atoms with van der Waals surface area (Å²) in [7, 11) is 0. The molecule has 0 aliphatic rings. The number of rotatable bonds is 3. The van der Waals surface area contributed by atoms with Gasteiger partial charge in [-0.05, 0) is 6.92 Å². The second kappa shape index (κ2) is 6.74. The summed E-state index contributed by atoms with van der Waals surface area (Å²) in [4.78, 5) is 21.5. The minimum Gasteiger partial charge on any atom is -0.477 e. The largest absolute Gasteiger partial charge is 0.477 e. The first-order valence-electron chi connectivity index (χ1n) is 5.54. The van der Waals surface area contributed by atoms with Crippen LogP contribution in [0.25, 0.3) is 0 Å². The second-order valence-electron chi connectivity index (χ2n) is 3.59. The van der Waals surface area contributed by atoms with E-state index in [-0.39, 0.29) is 6.61 Å². The maximum atomic E-state index is 13.5. The van der Waals surface area contributed by atoms with Gasteiger partial charge in [-0.15, -0.1) is 0 Å². The second-order valence-corrected chi connectivity index (χ2v) is 3.59. The molecule has 0 saturated carbocycles. The lowest BCUT2D eigenvalue weighted by atomic mass is 10.1. The highest BCUT2D eigenvalue weighted by Crippen LogP contribution is 2.23. The van der Waals surface area contributed by atoms with Crippen LogP contribution in [0.1, 0.15) is 29.3 Å². The number of hydrogen-bond acceptors (Lipinski definition) is 3. The van der Waals surface area contributed by atoms with Crippen LogP contribution >= 0.6 is 0 Å². The molecule has 0 aromatic heterocycles. The molecule has 8 heteroatoms. The van der Waals surface area contributed by atoms with Crippen molar-refractivity contribution in [3.63, 3.8) is 0 Å². The summed E-state index contributed by atoms with van der Waals surface area (Å²) in [6.07, 6.45) is -0.545. The van der Waals surface area contributed by atoms with Gasteiger partial charge in [-0.1, -0.05) is 11.8 Å². The Morgan fingerprint density at radius 1 is 1.10 bits per heavy atom. The quantitative estimate of drug-likeness (QED) is 0.402. The average Bonchev–Trinajstić information content (AvgIpc) is 2.40. The molecule has 0 amide bonds. The molecular weight excluding hydrogens is 296 g/mol. The Bertz CT molecular complexity index is 629. The van der Waals surface area contributed by atoms with Crippen molar-refractivity contribution in [3.05, 3.63) is 34.4 Å². The van der Waals surface area contributed by atoms with Gasteiger partial charge in [0.15, 0.2) is 23.3 Å². The summed E-state index contributed by atoms with van der Waals surface area (Å²) in [5, 5.41) is 8.48. The normalized spacial score (nSPS) is 9.76. The van der Waals surface area contributed by atoms with Crippen LogP contribution in [0.15, 0.2) is 0 Å². The van der Waals surface area contributed by atoms with E-state index in [0.717, 1.165) is 0 Å². The van der Waals surface area contributed by atoms with Gasteiger partial charge in [-0.3, -0.25) is 4.79 Å². The number of carbonyl (C=O) groups is 2. The first-order valence-corrected chi connectivity index (χ1v) is 5.54. The first-order chi connectivity index (χ1) is 9.81. The van der Waals surface area contributed by atoms with Gasteiger partial charge in [-0.2, -0.15) is 0 Å². The molecule has 1 aromatic carbocycles. The monoisotopic (exact) mass is 304 g/mol. The number of aromatic carboxylic acids is 1. The van der Waals surface area contributed by atoms with E-state index in [1.165, 1.54) is 6.92 Å². The van der Waals surface area contributed by atoms with Crippen LogP contribution in [0.2, 0.25) is 0 Å². The Morgan fingerprint density at radius 2 is 1.62 bits per heavy atom. The smallest absolute Gasteiger partial charge is 0.341 e. The third kappa shape index (κ3) is 3.51. The maximum Gasteiger partial charge on any atom is 0.341 e. The highest BCUT2D eigenvalue weighted by molar-refractivity contribution is 5.88. The third-order valence-electron chi connectivity index (χ3n) is 2.23. The zero-order valence-electron chi connectivity index (χ0n) is 10.6. The molecule has 0 bridgehead atoms. The number of carboxylic acids is 1. The Morgan fingerprint density at radius 3 is 2.05 bits per heavy atom. The van der Waals surface area contributed by atoms with Gasteiger partial charge in [0.05, 0.1) is 6.61 Å². The lowest BCUT2D eigenvalue weighted by Gasteiger charge is -2.05. The predicted octanol–water partition coefficient (Wildman–Crippen LogP) is 2.25. The average molecular weight is 304 g/mol. The Labute approximate surface area is 116 Å². The molecule has 1 N–H and O–H groups in total. The fourth-order valence-electron chi connectivity index (χ4n) is 1.35. The van der Waals surface area contributed by atoms with Crippen LogP contribution in [0.3, 0.4) is 0 Å². The predicted molar refractivity (Wildman–Crippen MR) is 61.4 cm³/mol. The lowest BCUT2D eigenvalue weighted by molar-refractivity contribution is -0.141. The molecule has 0 saturated heterocycles. The molecule has 112 valence electrons. The lowest BCUT2D eigenvalue weighted by Crippen LogP contribution is -2.11. The zero-order chi connectivity index (χ0) is 16.2. The van der Waals surface area contributed by atoms with E-state index < -0.39 is 52.8 Å². The molecule has 0 radical (unpaired) electrons. The molecule has 21 heavy (non-hydrogen) atoms. The molecule has 1 aromatic rings. The van der Waals surface area contributed by atoms with E-state index in [4.69, 9.17) is 5.11 Å². The van der Waals surface area contributed by atoms with Crippen LogP contribution < -0.4 is 0 Å². The molecule has 1 rings (SSSR count). The molecule has 0 aliphatic heterocycles. The van der Waals surface area contributed by atoms with E-state index in [0.29, 0.717) is 0 Å². The third-order valence-corrected chi connectivity index (χ3v) is 2.23. The summed E-state index contributed by atoms with van der Waals surface area (Å²) in [5.41, 5.74) is -3.04. The van der Waals surface area contributed by atoms with Crippen LogP contribution in [-0.2, 0) is 9.53 Å². The van der Waals surface area contributed by atoms with Gasteiger partial charge in [-0.25, -0.2) is 22.4 Å². The molecule has 0 aliphatic carbocycles. The van der Waals surface area contributed by atoms with Gasteiger partial charge < -0.3 is 9.84 Å². The zero-order valence-corrected chi connectivity index (χ0v) is 10.6. The number of hydrogen-bond donors (Lipinski definition) is 1. The minimum absolute atomic E-state index is 0.0692. The number of esters is 1. The van der Waals surface area contributed by atoms with Crippen LogP contribution in [0.5, 0.6) is 0 Å². The van der Waals surface area contributed by atoms with Gasteiger partial charge in [0.2, 0.25) is 0 Å². The van der Waals surface area contributed by atoms with E-state index >= 15 is 0 Å². The fourth-order valence-corrected chi connectivity index (χ4v) is 1.35. The number of benzene rings is 1. The minimum atomic E-state index is -2.16. The van der Waals surface area contributed by atoms with Crippen LogP contribution in [0.4, 0.5) is 17.6 Å². The number of carbonyl (C=O) groups excluding carboxylic acids is 1. The highest BCUT2D eigenvalue weighted by Gasteiger charge is 2.28. The SMILES string of the molecule is CCOC(=O)CC#Cc1c(F)c(F)c(C(=O)O)c(F)c1F. The maximum absolute atomic E-state index is 13.5. The molecule has 0 heterocycles. The van der Waals surface area contributed by atoms with Crippen LogP contribution in [-0.4, -0.2) is 23.7 Å². The molecule has 0 fully saturated rings. The summed E-state index contributed by atoms with van der Waals surface area (Å²) in [5.74, 6) is -7.23. The Balaban J connectivity index is 3.25. The van der Waals surface area contributed by atoms with Crippen molar-refractivity contribution in [3.8, 4) is 11.8 Å². The summed E-state index contributed by atoms with van der Waals surface area (Å²) in [6, 6.07) is 0. The van der Waals surface area contributed by atoms with Crippen molar-refractivity contribution in [2.45, 2.75) is 13.3 Å². The van der Waals surface area contributed by atoms with E-state index in [9.17, 15) is 27.2 Å². The van der Waals surface area contributed by atoms with Crippen molar-refractivity contribution in [2.75, 3.05) is 6.61 Å². The topological polar surface area (TPSA) is 63.6 Å². The fraction of sp³-hybridized carbons (Fsp3) is 0.231. The van der Waals surface area contributed by atoms with Crippen LogP contribution in [0, 0.1) is 35.1 Å². The van der Waals surface area contributed by atoms with Crippen molar-refractivity contribution in [1.29, 1.82) is 0 Å². The molecule has 0 unspecified atom stereocenters. The molecule has 0 atom stereocenters. The molecular formula is C13H8F4O4. The van der Waals surface area contributed by atoms with E-state index in [1.807, 2.05) is 5.92 Å². The van der Waals surface area contributed by atoms with Crippen molar-refractivity contribution in [2.24, 2.45) is 0 Å². The molecule has 0 spiro atoms. The highest BCUT2D eigenvalue weighted by atomic mass is 19.2. The van der Waals surface area contributed by atoms with Gasteiger partial charge >= 0.3 is 11.9 Å². The standard InChI is InChI=1S/C13H8F4O4/c1-2-21-7(18)5-3-4-6-9(14)11(16)8(13(19)20)12(17)10(6)15/h2,5H2,1H3,(H,19,20). The Hall–Kier alpha value is -2.56. The molecule has 4 nitrogen and oxygen atoms in total. The number of halogens is 4. The first kappa shape index (κ1) is 16.5. The van der Waals surface area contributed by atoms with E-state index in [2.05, 4.69) is 4.74 Å². The summed E-state index contributed by atoms with van der Waals surface area (Å²) in [6.45, 7) is 1.60. The number of carboxylic acid groups (broad SMARTS) is 1.